The average molecular weight is 635 g/mol. The van der Waals surface area contributed by atoms with Crippen molar-refractivity contribution >= 4 is 43.1 Å². The summed E-state index contributed by atoms with van der Waals surface area (Å²) in [4.78, 5) is 12.5. The molecule has 0 heterocycles. The molecule has 0 aliphatic heterocycles. The fourth-order valence-corrected chi connectivity index (χ4v) is 9.75. The van der Waals surface area contributed by atoms with Crippen LogP contribution in [0.1, 0.15) is 36.0 Å². The van der Waals surface area contributed by atoms with Crippen LogP contribution in [0.5, 0.6) is 0 Å². The van der Waals surface area contributed by atoms with E-state index in [1.807, 2.05) is 0 Å². The molecule has 6 unspecified atom stereocenters. The Bertz CT molecular complexity index is 1630. The molecule has 1 spiro atoms. The number of nitrogens with one attached hydrogen (secondary N) is 2. The van der Waals surface area contributed by atoms with Gasteiger partial charge in [-0.15, -0.1) is 0 Å². The van der Waals surface area contributed by atoms with Crippen molar-refractivity contribution in [1.29, 1.82) is 0 Å². The number of sulfonamides is 1. The average Bonchev–Trinajstić information content (AvgIpc) is 3.56. The zero-order valence-electron chi connectivity index (χ0n) is 21.7. The topological polar surface area (TPSA) is 170 Å². The smallest absolute Gasteiger partial charge is 0.255 e. The SMILES string of the molecule is CS(=O)(=O)NCC(O)C(O)[C@]1(O)C2CC3CC31CC(S(=O)(=O)c1cc(C(=O)Nc3ccc(F)c(F)c3)ccc1Cl)C2. The second kappa shape index (κ2) is 10.2. The Hall–Kier alpha value is -2.20. The molecular formula is C26H29ClF2N2O8S2. The number of fused-ring (bicyclic) bond motifs is 1. The second-order valence-electron chi connectivity index (χ2n) is 11.3. The normalized spacial score (nSPS) is 30.4. The van der Waals surface area contributed by atoms with E-state index in [0.717, 1.165) is 30.5 Å². The molecule has 3 aliphatic carbocycles. The first-order chi connectivity index (χ1) is 19.0. The largest absolute Gasteiger partial charge is 0.389 e. The van der Waals surface area contributed by atoms with Crippen LogP contribution in [0.15, 0.2) is 41.3 Å². The number of aliphatic hydroxyl groups is 3. The number of benzene rings is 2. The number of anilines is 1. The number of aliphatic hydroxyl groups excluding tert-OH is 2. The third-order valence-corrected chi connectivity index (χ3v) is 12.2. The number of rotatable bonds is 9. The van der Waals surface area contributed by atoms with E-state index in [1.54, 1.807) is 0 Å². The fourth-order valence-electron chi connectivity index (χ4n) is 6.84. The highest BCUT2D eigenvalue weighted by Gasteiger charge is 2.79. The van der Waals surface area contributed by atoms with E-state index < -0.39 is 78.3 Å². The molecule has 2 bridgehead atoms. The van der Waals surface area contributed by atoms with Gasteiger partial charge >= 0.3 is 0 Å². The minimum absolute atomic E-state index is 0.0299. The van der Waals surface area contributed by atoms with Crippen LogP contribution in [-0.2, 0) is 19.9 Å². The van der Waals surface area contributed by atoms with Gasteiger partial charge in [-0.2, -0.15) is 0 Å². The van der Waals surface area contributed by atoms with E-state index in [2.05, 4.69) is 10.0 Å². The number of amides is 1. The molecule has 5 N–H and O–H groups in total. The van der Waals surface area contributed by atoms with E-state index >= 15 is 0 Å². The molecular weight excluding hydrogens is 606 g/mol. The van der Waals surface area contributed by atoms with Crippen molar-refractivity contribution in [3.63, 3.8) is 0 Å². The number of hydrogen-bond acceptors (Lipinski definition) is 8. The summed E-state index contributed by atoms with van der Waals surface area (Å²) in [5.41, 5.74) is -2.94. The standard InChI is InChI=1S/C26H29ClF2N2O8S2/c1-40(36,37)30-12-21(32)23(33)26(35)14-7-15-10-25(15,26)11-17(8-14)41(38,39)22-6-13(2-4-18(22)27)24(34)31-16-3-5-19(28)20(29)9-16/h2-6,9,14-15,17,21,23,30,32-33,35H,7-8,10-12H2,1H3,(H,31,34)/t14?,15?,17?,21?,23?,25?,26-/m1/s1. The van der Waals surface area contributed by atoms with Crippen LogP contribution in [0.2, 0.25) is 5.02 Å². The summed E-state index contributed by atoms with van der Waals surface area (Å²) in [6.45, 7) is -0.521. The Morgan fingerprint density at radius 1 is 1.05 bits per heavy atom. The Balaban J connectivity index is 1.38. The maximum Gasteiger partial charge on any atom is 0.255 e. The van der Waals surface area contributed by atoms with E-state index in [9.17, 15) is 45.7 Å². The number of sulfone groups is 1. The molecule has 15 heteroatoms. The van der Waals surface area contributed by atoms with Crippen LogP contribution in [-0.4, -0.2) is 73.9 Å². The van der Waals surface area contributed by atoms with Crippen molar-refractivity contribution < 1.29 is 45.7 Å². The van der Waals surface area contributed by atoms with Gasteiger partial charge in [0.25, 0.3) is 5.91 Å². The maximum atomic E-state index is 13.9. The molecule has 3 aliphatic rings. The Morgan fingerprint density at radius 3 is 2.39 bits per heavy atom. The van der Waals surface area contributed by atoms with Crippen molar-refractivity contribution in [2.24, 2.45) is 17.3 Å². The molecule has 0 aromatic heterocycles. The van der Waals surface area contributed by atoms with Gasteiger partial charge in [0.05, 0.1) is 27.5 Å². The summed E-state index contributed by atoms with van der Waals surface area (Å²) in [5.74, 6) is -3.82. The van der Waals surface area contributed by atoms with Crippen LogP contribution < -0.4 is 10.0 Å². The summed E-state index contributed by atoms with van der Waals surface area (Å²) in [7, 11) is -7.83. The first-order valence-corrected chi connectivity index (χ1v) is 16.6. The lowest BCUT2D eigenvalue weighted by atomic mass is 9.65. The highest BCUT2D eigenvalue weighted by molar-refractivity contribution is 7.92. The predicted molar refractivity (Wildman–Crippen MR) is 144 cm³/mol. The van der Waals surface area contributed by atoms with Crippen LogP contribution in [0.4, 0.5) is 14.5 Å². The zero-order chi connectivity index (χ0) is 30.1. The van der Waals surface area contributed by atoms with Gasteiger partial charge < -0.3 is 20.6 Å². The van der Waals surface area contributed by atoms with E-state index in [-0.39, 0.29) is 39.9 Å². The highest BCUT2D eigenvalue weighted by Crippen LogP contribution is 2.77. The van der Waals surface area contributed by atoms with Crippen molar-refractivity contribution in [2.75, 3.05) is 18.1 Å². The number of carbonyl (C=O) groups is 1. The first-order valence-electron chi connectivity index (χ1n) is 12.8. The van der Waals surface area contributed by atoms with Crippen LogP contribution in [0, 0.1) is 28.9 Å². The second-order valence-corrected chi connectivity index (χ2v) is 15.7. The number of hydrogen-bond donors (Lipinski definition) is 5. The number of halogens is 3. The number of carbonyl (C=O) groups excluding carboxylic acids is 1. The molecule has 224 valence electrons. The summed E-state index contributed by atoms with van der Waals surface area (Å²) >= 11 is 6.28. The predicted octanol–water partition coefficient (Wildman–Crippen LogP) is 1.83. The lowest BCUT2D eigenvalue weighted by Crippen LogP contribution is -2.63. The van der Waals surface area contributed by atoms with Crippen LogP contribution >= 0.6 is 11.6 Å². The van der Waals surface area contributed by atoms with E-state index in [1.165, 1.54) is 12.1 Å². The minimum Gasteiger partial charge on any atom is -0.389 e. The third kappa shape index (κ3) is 5.17. The monoisotopic (exact) mass is 634 g/mol. The Labute approximate surface area is 240 Å². The van der Waals surface area contributed by atoms with Gasteiger partial charge in [-0.05, 0) is 67.9 Å². The van der Waals surface area contributed by atoms with Gasteiger partial charge in [0.15, 0.2) is 21.5 Å². The minimum atomic E-state index is -4.17. The van der Waals surface area contributed by atoms with Gasteiger partial charge in [0.2, 0.25) is 10.0 Å². The van der Waals surface area contributed by atoms with Gasteiger partial charge in [-0.3, -0.25) is 4.79 Å². The lowest BCUT2D eigenvalue weighted by Gasteiger charge is -2.49. The van der Waals surface area contributed by atoms with Crippen LogP contribution in [0.3, 0.4) is 0 Å². The van der Waals surface area contributed by atoms with Gasteiger partial charge in [-0.25, -0.2) is 30.3 Å². The molecule has 41 heavy (non-hydrogen) atoms. The van der Waals surface area contributed by atoms with Gasteiger partial charge in [0.1, 0.15) is 11.7 Å². The Kier molecular flexibility index (Phi) is 7.54. The van der Waals surface area contributed by atoms with Crippen molar-refractivity contribution in [1.82, 2.24) is 4.72 Å². The molecule has 3 fully saturated rings. The van der Waals surface area contributed by atoms with E-state index in [0.29, 0.717) is 12.8 Å². The first kappa shape index (κ1) is 30.3. The Morgan fingerprint density at radius 2 is 1.76 bits per heavy atom. The van der Waals surface area contributed by atoms with Crippen molar-refractivity contribution in [2.45, 2.75) is 53.6 Å². The molecule has 0 saturated heterocycles. The van der Waals surface area contributed by atoms with Crippen molar-refractivity contribution in [3.8, 4) is 0 Å². The summed E-state index contributed by atoms with van der Waals surface area (Å²) in [5, 5.41) is 34.5. The van der Waals surface area contributed by atoms with Crippen molar-refractivity contribution in [3.05, 3.63) is 58.6 Å². The maximum absolute atomic E-state index is 13.9. The summed E-state index contributed by atoms with van der Waals surface area (Å²) in [6.07, 6.45) is -1.68. The highest BCUT2D eigenvalue weighted by atomic mass is 35.5. The molecule has 3 saturated carbocycles. The third-order valence-electron chi connectivity index (χ3n) is 8.85. The molecule has 7 atom stereocenters. The molecule has 0 radical (unpaired) electrons. The van der Waals surface area contributed by atoms with Gasteiger partial charge in [-0.1, -0.05) is 11.6 Å². The summed E-state index contributed by atoms with van der Waals surface area (Å²) < 4.78 is 79.4. The molecule has 2 aromatic carbocycles. The molecule has 1 amide bonds. The quantitative estimate of drug-likeness (QED) is 0.278. The zero-order valence-corrected chi connectivity index (χ0v) is 24.1. The molecule has 2 aromatic rings. The molecule has 10 nitrogen and oxygen atoms in total. The fraction of sp³-hybridized carbons (Fsp3) is 0.500. The van der Waals surface area contributed by atoms with Gasteiger partial charge in [0, 0.05) is 29.3 Å². The van der Waals surface area contributed by atoms with Crippen LogP contribution in [0.25, 0.3) is 0 Å². The summed E-state index contributed by atoms with van der Waals surface area (Å²) in [6, 6.07) is 6.41. The lowest BCUT2D eigenvalue weighted by molar-refractivity contribution is -0.190. The molecule has 5 rings (SSSR count). The van der Waals surface area contributed by atoms with E-state index in [4.69, 9.17) is 11.6 Å².